The molecule has 2 saturated heterocycles. The Kier molecular flexibility index (Phi) is 5.63. The summed E-state index contributed by atoms with van der Waals surface area (Å²) in [6, 6.07) is 3.14. The normalized spacial score (nSPS) is 21.8. The average molecular weight is 351 g/mol. The maximum atomic E-state index is 13.8. The molecule has 3 rings (SSSR count). The topological polar surface area (TPSA) is 61.4 Å². The first-order valence-electron chi connectivity index (χ1n) is 8.80. The molecule has 1 aromatic carbocycles. The van der Waals surface area contributed by atoms with Crippen LogP contribution in [0.1, 0.15) is 36.0 Å². The van der Waals surface area contributed by atoms with E-state index in [-0.39, 0.29) is 23.4 Å². The fraction of sp³-hybridized carbons (Fsp3) is 0.556. The lowest BCUT2D eigenvalue weighted by atomic mass is 9.94. The molecule has 5 nitrogen and oxygen atoms in total. The maximum Gasteiger partial charge on any atom is 0.256 e. The maximum absolute atomic E-state index is 13.8. The van der Waals surface area contributed by atoms with Crippen LogP contribution in [0.3, 0.4) is 0 Å². The van der Waals surface area contributed by atoms with Crippen molar-refractivity contribution in [2.45, 2.75) is 31.7 Å². The van der Waals surface area contributed by atoms with Crippen molar-refractivity contribution in [1.82, 2.24) is 15.5 Å². The standard InChI is InChI=1S/C18H23F2N3O2/c19-13-3-4-15(16(20)10-13)18(25)23-8-5-12(6-9-23)17(24)22-14-2-1-7-21-11-14/h3-4,10,12,14,21H,1-2,5-9,11H2,(H,22,24)/t14-/m0/s1. The van der Waals surface area contributed by atoms with Crippen LogP contribution in [0.15, 0.2) is 18.2 Å². The van der Waals surface area contributed by atoms with E-state index in [1.54, 1.807) is 0 Å². The summed E-state index contributed by atoms with van der Waals surface area (Å²) in [7, 11) is 0. The van der Waals surface area contributed by atoms with Gasteiger partial charge >= 0.3 is 0 Å². The van der Waals surface area contributed by atoms with Gasteiger partial charge in [0.05, 0.1) is 5.56 Å². The van der Waals surface area contributed by atoms with Crippen molar-refractivity contribution in [1.29, 1.82) is 0 Å². The van der Waals surface area contributed by atoms with Crippen molar-refractivity contribution >= 4 is 11.8 Å². The van der Waals surface area contributed by atoms with Crippen molar-refractivity contribution in [2.75, 3.05) is 26.2 Å². The number of carbonyl (C=O) groups is 2. The second-order valence-corrected chi connectivity index (χ2v) is 6.74. The Bertz CT molecular complexity index is 639. The minimum atomic E-state index is -0.852. The summed E-state index contributed by atoms with van der Waals surface area (Å²) in [5.41, 5.74) is -0.127. The van der Waals surface area contributed by atoms with E-state index in [1.165, 1.54) is 11.0 Å². The van der Waals surface area contributed by atoms with Gasteiger partial charge in [0.25, 0.3) is 5.91 Å². The van der Waals surface area contributed by atoms with Crippen LogP contribution >= 0.6 is 0 Å². The molecule has 0 bridgehead atoms. The van der Waals surface area contributed by atoms with Crippen LogP contribution in [-0.2, 0) is 4.79 Å². The Balaban J connectivity index is 1.52. The number of piperidine rings is 2. The molecular formula is C18H23F2N3O2. The molecule has 1 aromatic rings. The average Bonchev–Trinajstić information content (AvgIpc) is 2.62. The molecule has 2 heterocycles. The van der Waals surface area contributed by atoms with Crippen molar-refractivity contribution in [2.24, 2.45) is 5.92 Å². The second-order valence-electron chi connectivity index (χ2n) is 6.74. The molecule has 136 valence electrons. The highest BCUT2D eigenvalue weighted by molar-refractivity contribution is 5.94. The minimum Gasteiger partial charge on any atom is -0.352 e. The largest absolute Gasteiger partial charge is 0.352 e. The number of benzene rings is 1. The Morgan fingerprint density at radius 1 is 1.16 bits per heavy atom. The van der Waals surface area contributed by atoms with Crippen LogP contribution in [0.25, 0.3) is 0 Å². The predicted octanol–water partition coefficient (Wildman–Crippen LogP) is 1.69. The van der Waals surface area contributed by atoms with E-state index >= 15 is 0 Å². The molecule has 7 heteroatoms. The van der Waals surface area contributed by atoms with Crippen LogP contribution in [0.2, 0.25) is 0 Å². The van der Waals surface area contributed by atoms with Gasteiger partial charge in [-0.3, -0.25) is 9.59 Å². The summed E-state index contributed by atoms with van der Waals surface area (Å²) < 4.78 is 26.7. The van der Waals surface area contributed by atoms with Gasteiger partial charge in [0.1, 0.15) is 11.6 Å². The minimum absolute atomic E-state index is 0.0359. The van der Waals surface area contributed by atoms with E-state index in [2.05, 4.69) is 10.6 Å². The van der Waals surface area contributed by atoms with Crippen LogP contribution in [-0.4, -0.2) is 48.9 Å². The van der Waals surface area contributed by atoms with Gasteiger partial charge in [-0.1, -0.05) is 0 Å². The van der Waals surface area contributed by atoms with E-state index < -0.39 is 17.5 Å². The molecule has 2 amide bonds. The molecule has 0 aromatic heterocycles. The first kappa shape index (κ1) is 17.8. The quantitative estimate of drug-likeness (QED) is 0.871. The third kappa shape index (κ3) is 4.34. The highest BCUT2D eigenvalue weighted by atomic mass is 19.1. The van der Waals surface area contributed by atoms with Crippen molar-refractivity contribution < 1.29 is 18.4 Å². The summed E-state index contributed by atoms with van der Waals surface area (Å²) in [6.07, 6.45) is 3.15. The zero-order chi connectivity index (χ0) is 17.8. The van der Waals surface area contributed by atoms with Gasteiger partial charge in [-0.25, -0.2) is 8.78 Å². The van der Waals surface area contributed by atoms with Gasteiger partial charge in [0.15, 0.2) is 0 Å². The summed E-state index contributed by atoms with van der Waals surface area (Å²) in [5, 5.41) is 6.34. The predicted molar refractivity (Wildman–Crippen MR) is 89.0 cm³/mol. The van der Waals surface area contributed by atoms with E-state index in [4.69, 9.17) is 0 Å². The molecule has 25 heavy (non-hydrogen) atoms. The lowest BCUT2D eigenvalue weighted by Crippen LogP contribution is -2.49. The molecule has 2 aliphatic rings. The smallest absolute Gasteiger partial charge is 0.256 e. The highest BCUT2D eigenvalue weighted by Gasteiger charge is 2.30. The number of rotatable bonds is 3. The van der Waals surface area contributed by atoms with E-state index in [0.717, 1.165) is 32.0 Å². The summed E-state index contributed by atoms with van der Waals surface area (Å²) in [6.45, 7) is 2.59. The molecule has 2 fully saturated rings. The first-order chi connectivity index (χ1) is 12.0. The molecule has 2 aliphatic heterocycles. The highest BCUT2D eigenvalue weighted by Crippen LogP contribution is 2.21. The van der Waals surface area contributed by atoms with Gasteiger partial charge in [0, 0.05) is 37.7 Å². The number of hydrogen-bond acceptors (Lipinski definition) is 3. The Hall–Kier alpha value is -2.02. The molecule has 0 unspecified atom stereocenters. The van der Waals surface area contributed by atoms with E-state index in [1.807, 2.05) is 0 Å². The Morgan fingerprint density at radius 3 is 2.56 bits per heavy atom. The summed E-state index contributed by atoms with van der Waals surface area (Å²) in [5.74, 6) is -2.10. The number of carbonyl (C=O) groups excluding carboxylic acids is 2. The van der Waals surface area contributed by atoms with Crippen LogP contribution in [0.4, 0.5) is 8.78 Å². The van der Waals surface area contributed by atoms with Crippen LogP contribution in [0.5, 0.6) is 0 Å². The third-order valence-corrected chi connectivity index (χ3v) is 4.96. The van der Waals surface area contributed by atoms with Gasteiger partial charge < -0.3 is 15.5 Å². The van der Waals surface area contributed by atoms with Crippen LogP contribution in [0, 0.1) is 17.6 Å². The number of nitrogens with one attached hydrogen (secondary N) is 2. The van der Waals surface area contributed by atoms with Gasteiger partial charge in [-0.05, 0) is 44.4 Å². The fourth-order valence-corrected chi connectivity index (χ4v) is 3.47. The number of nitrogens with zero attached hydrogens (tertiary/aromatic N) is 1. The summed E-state index contributed by atoms with van der Waals surface area (Å²) >= 11 is 0. The van der Waals surface area contributed by atoms with Crippen LogP contribution < -0.4 is 10.6 Å². The molecule has 2 N–H and O–H groups in total. The van der Waals surface area contributed by atoms with E-state index in [0.29, 0.717) is 32.0 Å². The Morgan fingerprint density at radius 2 is 1.92 bits per heavy atom. The number of hydrogen-bond donors (Lipinski definition) is 2. The molecule has 0 aliphatic carbocycles. The lowest BCUT2D eigenvalue weighted by molar-refractivity contribution is -0.127. The number of amides is 2. The SMILES string of the molecule is O=C(N[C@H]1CCCNC1)C1CCN(C(=O)c2ccc(F)cc2F)CC1. The first-order valence-corrected chi connectivity index (χ1v) is 8.80. The number of likely N-dealkylation sites (tertiary alicyclic amines) is 1. The third-order valence-electron chi connectivity index (χ3n) is 4.96. The van der Waals surface area contributed by atoms with E-state index in [9.17, 15) is 18.4 Å². The van der Waals surface area contributed by atoms with Gasteiger partial charge in [0.2, 0.25) is 5.91 Å². The molecular weight excluding hydrogens is 328 g/mol. The monoisotopic (exact) mass is 351 g/mol. The second kappa shape index (κ2) is 7.91. The number of halogens is 2. The van der Waals surface area contributed by atoms with Gasteiger partial charge in [-0.2, -0.15) is 0 Å². The molecule has 0 radical (unpaired) electrons. The molecule has 0 saturated carbocycles. The molecule has 1 atom stereocenters. The van der Waals surface area contributed by atoms with Gasteiger partial charge in [-0.15, -0.1) is 0 Å². The van der Waals surface area contributed by atoms with Crippen molar-refractivity contribution in [3.05, 3.63) is 35.4 Å². The van der Waals surface area contributed by atoms with Crippen molar-refractivity contribution in [3.63, 3.8) is 0 Å². The molecule has 0 spiro atoms. The zero-order valence-corrected chi connectivity index (χ0v) is 14.1. The lowest BCUT2D eigenvalue weighted by Gasteiger charge is -2.33. The van der Waals surface area contributed by atoms with Crippen molar-refractivity contribution in [3.8, 4) is 0 Å². The fourth-order valence-electron chi connectivity index (χ4n) is 3.47. The summed E-state index contributed by atoms with van der Waals surface area (Å²) in [4.78, 5) is 26.3. The Labute approximate surface area is 145 Å². The zero-order valence-electron chi connectivity index (χ0n) is 14.1.